The standard InChI is InChI=1S/CH3NO3P.Na/c2-1-4-6(3)5-1;/h1H,2H2;/q+1;. The summed E-state index contributed by atoms with van der Waals surface area (Å²) in [7, 11) is -1.83. The number of hydrogen-bond donors (Lipinski definition) is 1. The van der Waals surface area contributed by atoms with Crippen LogP contribution in [0.3, 0.4) is 0 Å². The van der Waals surface area contributed by atoms with Gasteiger partial charge in [0.25, 0.3) is 0 Å². The Morgan fingerprint density at radius 2 is 2.00 bits per heavy atom. The van der Waals surface area contributed by atoms with E-state index < -0.39 is 14.7 Å². The molecule has 1 fully saturated rings. The van der Waals surface area contributed by atoms with Gasteiger partial charge in [-0.05, 0) is 0 Å². The molecule has 0 aromatic heterocycles. The first-order valence-electron chi connectivity index (χ1n) is 1.35. The molecular weight excluding hydrogens is 128 g/mol. The summed E-state index contributed by atoms with van der Waals surface area (Å²) in [5.41, 5.74) is 4.84. The monoisotopic (exact) mass is 131 g/mol. The fourth-order valence-electron chi connectivity index (χ4n) is 0.178. The Labute approximate surface area is 63.6 Å². The van der Waals surface area contributed by atoms with E-state index in [0.29, 0.717) is 0 Å². The zero-order valence-electron chi connectivity index (χ0n) is 3.83. The van der Waals surface area contributed by atoms with Gasteiger partial charge in [-0.1, -0.05) is 9.05 Å². The second kappa shape index (κ2) is 3.10. The fraction of sp³-hybridized carbons (Fsp3) is 1.00. The SMILES string of the molecule is NC1O[P+](=O)O1.[Na]. The number of hydrogen-bond acceptors (Lipinski definition) is 4. The minimum atomic E-state index is -1.83. The molecule has 2 N–H and O–H groups in total. The first-order valence-corrected chi connectivity index (χ1v) is 2.45. The van der Waals surface area contributed by atoms with Crippen molar-refractivity contribution in [3.63, 3.8) is 0 Å². The molecule has 0 atom stereocenters. The third kappa shape index (κ3) is 2.15. The van der Waals surface area contributed by atoms with E-state index in [1.807, 2.05) is 0 Å². The second-order valence-corrected chi connectivity index (χ2v) is 1.67. The van der Waals surface area contributed by atoms with Gasteiger partial charge in [-0.2, -0.15) is 0 Å². The average molecular weight is 131 g/mol. The fourth-order valence-corrected chi connectivity index (χ4v) is 0.533. The first kappa shape index (κ1) is 7.98. The predicted molar refractivity (Wildman–Crippen MR) is 23.5 cm³/mol. The van der Waals surface area contributed by atoms with Crippen molar-refractivity contribution in [2.75, 3.05) is 0 Å². The smallest absolute Gasteiger partial charge is 0.275 e. The molecule has 0 aromatic carbocycles. The van der Waals surface area contributed by atoms with Gasteiger partial charge in [0.2, 0.25) is 0 Å². The van der Waals surface area contributed by atoms with Gasteiger partial charge < -0.3 is 0 Å². The first-order chi connectivity index (χ1) is 2.79. The van der Waals surface area contributed by atoms with Crippen LogP contribution in [0.1, 0.15) is 0 Å². The Hall–Kier alpha value is 0.980. The molecule has 0 saturated carbocycles. The van der Waals surface area contributed by atoms with Crippen molar-refractivity contribution in [3.8, 4) is 0 Å². The van der Waals surface area contributed by atoms with E-state index in [2.05, 4.69) is 9.05 Å². The molecule has 0 unspecified atom stereocenters. The van der Waals surface area contributed by atoms with Crippen molar-refractivity contribution < 1.29 is 13.6 Å². The normalized spacial score (nSPS) is 33.3. The van der Waals surface area contributed by atoms with Gasteiger partial charge in [0.1, 0.15) is 0 Å². The van der Waals surface area contributed by atoms with Gasteiger partial charge >= 0.3 is 14.7 Å². The molecule has 1 rings (SSSR count). The molecule has 7 heavy (non-hydrogen) atoms. The summed E-state index contributed by atoms with van der Waals surface area (Å²) >= 11 is 0. The molecule has 0 spiro atoms. The van der Waals surface area contributed by atoms with Crippen LogP contribution in [0, 0.1) is 0 Å². The Bertz CT molecular complexity index is 79.0. The molecule has 1 aliphatic rings. The van der Waals surface area contributed by atoms with E-state index in [0.717, 1.165) is 0 Å². The molecule has 0 bridgehead atoms. The Morgan fingerprint density at radius 1 is 1.57 bits per heavy atom. The van der Waals surface area contributed by atoms with E-state index in [1.54, 1.807) is 0 Å². The van der Waals surface area contributed by atoms with Gasteiger partial charge in [-0.3, -0.25) is 5.73 Å². The summed E-state index contributed by atoms with van der Waals surface area (Å²) in [5, 5.41) is 0. The van der Waals surface area contributed by atoms with Gasteiger partial charge in [0, 0.05) is 34.1 Å². The van der Waals surface area contributed by atoms with E-state index >= 15 is 0 Å². The minimum Gasteiger partial charge on any atom is -0.275 e. The van der Waals surface area contributed by atoms with E-state index in [1.165, 1.54) is 0 Å². The van der Waals surface area contributed by atoms with E-state index in [9.17, 15) is 4.57 Å². The quantitative estimate of drug-likeness (QED) is 0.357. The average Bonchev–Trinajstić information content (AvgIpc) is 1.33. The summed E-state index contributed by atoms with van der Waals surface area (Å²) in [5.74, 6) is 0. The Morgan fingerprint density at radius 3 is 2.00 bits per heavy atom. The van der Waals surface area contributed by atoms with Crippen molar-refractivity contribution >= 4 is 37.8 Å². The third-order valence-corrected chi connectivity index (χ3v) is 1.14. The molecule has 1 radical (unpaired) electrons. The maximum absolute atomic E-state index is 9.73. The largest absolute Gasteiger partial charge is 0.706 e. The molecule has 35 valence electrons. The summed E-state index contributed by atoms with van der Waals surface area (Å²) in [4.78, 5) is 0. The van der Waals surface area contributed by atoms with Crippen LogP contribution >= 0.6 is 8.25 Å². The minimum absolute atomic E-state index is 0. The summed E-state index contributed by atoms with van der Waals surface area (Å²) < 4.78 is 18.1. The van der Waals surface area contributed by atoms with Crippen molar-refractivity contribution in [1.82, 2.24) is 0 Å². The van der Waals surface area contributed by atoms with Crippen LogP contribution in [0.4, 0.5) is 0 Å². The Kier molecular flexibility index (Phi) is 3.53. The molecule has 4 nitrogen and oxygen atoms in total. The zero-order chi connectivity index (χ0) is 4.57. The molecule has 1 aliphatic heterocycles. The van der Waals surface area contributed by atoms with Gasteiger partial charge in [-0.15, -0.1) is 0 Å². The summed E-state index contributed by atoms with van der Waals surface area (Å²) in [6.45, 7) is 0. The van der Waals surface area contributed by atoms with Crippen LogP contribution < -0.4 is 5.73 Å². The molecule has 1 heterocycles. The van der Waals surface area contributed by atoms with E-state index in [-0.39, 0.29) is 29.6 Å². The molecule has 0 amide bonds. The van der Waals surface area contributed by atoms with Crippen LogP contribution in [0.2, 0.25) is 0 Å². The van der Waals surface area contributed by atoms with Crippen LogP contribution in [0.15, 0.2) is 0 Å². The Balaban J connectivity index is 0.000000360. The second-order valence-electron chi connectivity index (χ2n) is 0.803. The number of nitrogens with two attached hydrogens (primary N) is 1. The van der Waals surface area contributed by atoms with Crippen molar-refractivity contribution in [2.24, 2.45) is 5.73 Å². The predicted octanol–water partition coefficient (Wildman–Crippen LogP) is -0.448. The van der Waals surface area contributed by atoms with Crippen LogP contribution in [0.5, 0.6) is 0 Å². The van der Waals surface area contributed by atoms with E-state index in [4.69, 9.17) is 5.73 Å². The topological polar surface area (TPSA) is 61.5 Å². The maximum Gasteiger partial charge on any atom is 0.706 e. The van der Waals surface area contributed by atoms with Crippen molar-refractivity contribution in [1.29, 1.82) is 0 Å². The zero-order valence-corrected chi connectivity index (χ0v) is 6.72. The van der Waals surface area contributed by atoms with Crippen LogP contribution in [-0.4, -0.2) is 36.0 Å². The van der Waals surface area contributed by atoms with Crippen molar-refractivity contribution in [3.05, 3.63) is 0 Å². The van der Waals surface area contributed by atoms with Crippen LogP contribution in [0.25, 0.3) is 0 Å². The molecule has 1 saturated heterocycles. The summed E-state index contributed by atoms with van der Waals surface area (Å²) in [6.07, 6.45) is -0.742. The molecule has 0 aromatic rings. The molecular formula is CH3NNaO3P+. The van der Waals surface area contributed by atoms with Gasteiger partial charge in [-0.25, -0.2) is 0 Å². The molecule has 6 heteroatoms. The van der Waals surface area contributed by atoms with Gasteiger partial charge in [0.05, 0.1) is 0 Å². The number of rotatable bonds is 0. The van der Waals surface area contributed by atoms with Gasteiger partial charge in [0.15, 0.2) is 0 Å². The molecule has 0 aliphatic carbocycles. The van der Waals surface area contributed by atoms with Crippen LogP contribution in [-0.2, 0) is 13.6 Å². The van der Waals surface area contributed by atoms with Crippen molar-refractivity contribution in [2.45, 2.75) is 6.41 Å². The third-order valence-electron chi connectivity index (χ3n) is 0.380. The maximum atomic E-state index is 9.73. The summed E-state index contributed by atoms with van der Waals surface area (Å²) in [6, 6.07) is 0.